The SMILES string of the molecule is Cc1nnc(-c2ccc(-c3ccc(O[C@H]4OC(CO)CC(C)C4O)cc3)cc2)o1. The van der Waals surface area contributed by atoms with Crippen molar-refractivity contribution < 1.29 is 24.1 Å². The largest absolute Gasteiger partial charge is 0.462 e. The molecule has 0 radical (unpaired) electrons. The quantitative estimate of drug-likeness (QED) is 0.683. The Labute approximate surface area is 168 Å². The molecule has 7 heteroatoms. The zero-order valence-corrected chi connectivity index (χ0v) is 16.4. The molecule has 4 atom stereocenters. The highest BCUT2D eigenvalue weighted by atomic mass is 16.7. The maximum Gasteiger partial charge on any atom is 0.247 e. The normalized spacial score (nSPS) is 24.4. The van der Waals surface area contributed by atoms with Crippen molar-refractivity contribution in [3.05, 3.63) is 54.4 Å². The van der Waals surface area contributed by atoms with E-state index in [2.05, 4.69) is 10.2 Å². The Morgan fingerprint density at radius 1 is 1.00 bits per heavy atom. The van der Waals surface area contributed by atoms with Crippen LogP contribution in [0.3, 0.4) is 0 Å². The first-order valence-corrected chi connectivity index (χ1v) is 9.65. The molecule has 3 aromatic rings. The Balaban J connectivity index is 1.45. The molecule has 2 aromatic carbocycles. The van der Waals surface area contributed by atoms with Crippen LogP contribution in [0, 0.1) is 12.8 Å². The molecule has 2 N–H and O–H groups in total. The third-order valence-electron chi connectivity index (χ3n) is 5.12. The molecule has 7 nitrogen and oxygen atoms in total. The number of aryl methyl sites for hydroxylation is 1. The summed E-state index contributed by atoms with van der Waals surface area (Å²) >= 11 is 0. The first kappa shape index (κ1) is 19.6. The van der Waals surface area contributed by atoms with Gasteiger partial charge < -0.3 is 24.1 Å². The van der Waals surface area contributed by atoms with E-state index in [1.807, 2.05) is 55.5 Å². The lowest BCUT2D eigenvalue weighted by Crippen LogP contribution is -2.48. The van der Waals surface area contributed by atoms with Crippen LogP contribution >= 0.6 is 0 Å². The van der Waals surface area contributed by atoms with Crippen molar-refractivity contribution in [3.63, 3.8) is 0 Å². The molecule has 0 amide bonds. The van der Waals surface area contributed by atoms with Crippen LogP contribution < -0.4 is 4.74 Å². The van der Waals surface area contributed by atoms with Gasteiger partial charge in [-0.1, -0.05) is 31.2 Å². The van der Waals surface area contributed by atoms with Crippen LogP contribution in [0.1, 0.15) is 19.2 Å². The predicted octanol–water partition coefficient (Wildman–Crippen LogP) is 3.20. The third kappa shape index (κ3) is 4.32. The first-order chi connectivity index (χ1) is 14.0. The van der Waals surface area contributed by atoms with Gasteiger partial charge in [-0.05, 0) is 47.7 Å². The molecule has 1 saturated heterocycles. The summed E-state index contributed by atoms with van der Waals surface area (Å²) in [4.78, 5) is 0. The van der Waals surface area contributed by atoms with Crippen LogP contribution in [-0.4, -0.2) is 45.5 Å². The average Bonchev–Trinajstić information content (AvgIpc) is 3.18. The monoisotopic (exact) mass is 396 g/mol. The van der Waals surface area contributed by atoms with Gasteiger partial charge in [0.25, 0.3) is 0 Å². The number of rotatable bonds is 5. The van der Waals surface area contributed by atoms with Gasteiger partial charge in [-0.2, -0.15) is 0 Å². The molecule has 3 unspecified atom stereocenters. The fourth-order valence-corrected chi connectivity index (χ4v) is 3.44. The molecule has 0 bridgehead atoms. The highest BCUT2D eigenvalue weighted by molar-refractivity contribution is 5.67. The fourth-order valence-electron chi connectivity index (χ4n) is 3.44. The topological polar surface area (TPSA) is 97.8 Å². The van der Waals surface area contributed by atoms with E-state index in [0.717, 1.165) is 16.7 Å². The van der Waals surface area contributed by atoms with Crippen LogP contribution in [0.2, 0.25) is 0 Å². The number of ether oxygens (including phenoxy) is 2. The van der Waals surface area contributed by atoms with Gasteiger partial charge >= 0.3 is 0 Å². The third-order valence-corrected chi connectivity index (χ3v) is 5.12. The molecule has 0 saturated carbocycles. The molecule has 1 aliphatic rings. The summed E-state index contributed by atoms with van der Waals surface area (Å²) in [7, 11) is 0. The lowest BCUT2D eigenvalue weighted by Gasteiger charge is -2.37. The van der Waals surface area contributed by atoms with E-state index >= 15 is 0 Å². The fraction of sp³-hybridized carbons (Fsp3) is 0.364. The number of benzene rings is 2. The van der Waals surface area contributed by atoms with Gasteiger partial charge in [-0.15, -0.1) is 10.2 Å². The number of aromatic nitrogens is 2. The maximum atomic E-state index is 10.3. The van der Waals surface area contributed by atoms with Crippen molar-refractivity contribution >= 4 is 0 Å². The van der Waals surface area contributed by atoms with Gasteiger partial charge in [0.15, 0.2) is 0 Å². The standard InChI is InChI=1S/C22H24N2O5/c1-13-11-19(12-25)29-22(20(13)26)28-18-9-7-16(8-10-18)15-3-5-17(6-4-15)21-24-23-14(2)27-21/h3-10,13,19-20,22,25-26H,11-12H2,1-2H3/t13?,19?,20?,22-/m0/s1. The molecule has 0 spiro atoms. The summed E-state index contributed by atoms with van der Waals surface area (Å²) < 4.78 is 16.9. The molecule has 29 heavy (non-hydrogen) atoms. The molecule has 4 rings (SSSR count). The molecule has 1 aromatic heterocycles. The van der Waals surface area contributed by atoms with Crippen molar-refractivity contribution in [1.29, 1.82) is 0 Å². The van der Waals surface area contributed by atoms with Crippen LogP contribution in [0.5, 0.6) is 5.75 Å². The van der Waals surface area contributed by atoms with Gasteiger partial charge in [-0.25, -0.2) is 0 Å². The first-order valence-electron chi connectivity index (χ1n) is 9.65. The van der Waals surface area contributed by atoms with Crippen LogP contribution in [0.4, 0.5) is 0 Å². The van der Waals surface area contributed by atoms with Crippen molar-refractivity contribution in [2.24, 2.45) is 5.92 Å². The van der Waals surface area contributed by atoms with E-state index < -0.39 is 12.4 Å². The maximum absolute atomic E-state index is 10.3. The van der Waals surface area contributed by atoms with Crippen LogP contribution in [0.25, 0.3) is 22.6 Å². The van der Waals surface area contributed by atoms with Gasteiger partial charge in [0.2, 0.25) is 18.1 Å². The molecular weight excluding hydrogens is 372 g/mol. The molecule has 2 heterocycles. The Kier molecular flexibility index (Phi) is 5.62. The minimum absolute atomic E-state index is 0.00803. The highest BCUT2D eigenvalue weighted by Crippen LogP contribution is 2.29. The molecule has 1 fully saturated rings. The molecular formula is C22H24N2O5. The number of aliphatic hydroxyl groups excluding tert-OH is 2. The lowest BCUT2D eigenvalue weighted by atomic mass is 9.94. The highest BCUT2D eigenvalue weighted by Gasteiger charge is 2.36. The molecule has 0 aliphatic carbocycles. The number of hydrogen-bond acceptors (Lipinski definition) is 7. The van der Waals surface area contributed by atoms with Crippen molar-refractivity contribution in [2.45, 2.75) is 38.8 Å². The van der Waals surface area contributed by atoms with Crippen LogP contribution in [-0.2, 0) is 4.74 Å². The zero-order valence-electron chi connectivity index (χ0n) is 16.4. The molecule has 1 aliphatic heterocycles. The second-order valence-electron chi connectivity index (χ2n) is 7.36. The van der Waals surface area contributed by atoms with E-state index in [1.165, 1.54) is 0 Å². The summed E-state index contributed by atoms with van der Waals surface area (Å²) in [6.07, 6.45) is -1.24. The van der Waals surface area contributed by atoms with E-state index in [1.54, 1.807) is 6.92 Å². The minimum Gasteiger partial charge on any atom is -0.462 e. The summed E-state index contributed by atoms with van der Waals surface area (Å²) in [6.45, 7) is 3.60. The Bertz CT molecular complexity index is 939. The van der Waals surface area contributed by atoms with Gasteiger partial charge in [0.1, 0.15) is 11.9 Å². The minimum atomic E-state index is -0.793. The number of hydrogen-bond donors (Lipinski definition) is 2. The molecule has 152 valence electrons. The van der Waals surface area contributed by atoms with Gasteiger partial charge in [0, 0.05) is 12.5 Å². The Morgan fingerprint density at radius 2 is 1.62 bits per heavy atom. The second kappa shape index (κ2) is 8.32. The van der Waals surface area contributed by atoms with Crippen LogP contribution in [0.15, 0.2) is 52.9 Å². The second-order valence-corrected chi connectivity index (χ2v) is 7.36. The summed E-state index contributed by atoms with van der Waals surface area (Å²) in [5, 5.41) is 27.6. The Hall–Kier alpha value is -2.74. The Morgan fingerprint density at radius 3 is 2.21 bits per heavy atom. The smallest absolute Gasteiger partial charge is 0.247 e. The van der Waals surface area contributed by atoms with Crippen molar-refractivity contribution in [1.82, 2.24) is 10.2 Å². The van der Waals surface area contributed by atoms with E-state index in [-0.39, 0.29) is 18.6 Å². The van der Waals surface area contributed by atoms with E-state index in [4.69, 9.17) is 13.9 Å². The lowest BCUT2D eigenvalue weighted by molar-refractivity contribution is -0.225. The van der Waals surface area contributed by atoms with Gasteiger partial charge in [0.05, 0.1) is 12.7 Å². The van der Waals surface area contributed by atoms with Gasteiger partial charge in [-0.3, -0.25) is 0 Å². The zero-order chi connectivity index (χ0) is 20.4. The van der Waals surface area contributed by atoms with E-state index in [9.17, 15) is 10.2 Å². The van der Waals surface area contributed by atoms with Crippen molar-refractivity contribution in [2.75, 3.05) is 6.61 Å². The average molecular weight is 396 g/mol. The summed E-state index contributed by atoms with van der Waals surface area (Å²) in [5.74, 6) is 1.62. The number of nitrogens with zero attached hydrogens (tertiary/aromatic N) is 2. The predicted molar refractivity (Wildman–Crippen MR) is 106 cm³/mol. The van der Waals surface area contributed by atoms with E-state index in [0.29, 0.717) is 24.0 Å². The summed E-state index contributed by atoms with van der Waals surface area (Å²) in [6, 6.07) is 15.4. The number of aliphatic hydroxyl groups is 2. The summed E-state index contributed by atoms with van der Waals surface area (Å²) in [5.41, 5.74) is 2.93. The van der Waals surface area contributed by atoms with Crippen molar-refractivity contribution in [3.8, 4) is 28.3 Å².